The topological polar surface area (TPSA) is 0 Å². The highest BCUT2D eigenvalue weighted by Gasteiger charge is 2.00. The number of aryl methyl sites for hydroxylation is 6. The maximum atomic E-state index is 2.30. The van der Waals surface area contributed by atoms with E-state index >= 15 is 0 Å². The minimum absolute atomic E-state index is 0. The molecule has 0 nitrogen and oxygen atoms in total. The molecule has 0 unspecified atom stereocenters. The van der Waals surface area contributed by atoms with E-state index in [4.69, 9.17) is 0 Å². The molecule has 0 aliphatic rings. The first-order chi connectivity index (χ1) is 15.3. The van der Waals surface area contributed by atoms with Crippen molar-refractivity contribution in [3.05, 3.63) is 141 Å². The predicted molar refractivity (Wildman–Crippen MR) is 147 cm³/mol. The van der Waals surface area contributed by atoms with Gasteiger partial charge in [0.05, 0.1) is 0 Å². The van der Waals surface area contributed by atoms with Gasteiger partial charge in [0.15, 0.2) is 0 Å². The van der Waals surface area contributed by atoms with Crippen LogP contribution in [0.15, 0.2) is 84.9 Å². The van der Waals surface area contributed by atoms with Crippen LogP contribution in [0.4, 0.5) is 0 Å². The van der Waals surface area contributed by atoms with Crippen molar-refractivity contribution in [2.45, 2.75) is 61.8 Å². The number of rotatable bonds is 4. The fraction of sp³-hybridized carbons (Fsp3) is 0.273. The van der Waals surface area contributed by atoms with E-state index in [1.165, 1.54) is 55.6 Å². The van der Waals surface area contributed by atoms with Crippen LogP contribution in [-0.4, -0.2) is 0 Å². The van der Waals surface area contributed by atoms with Crippen LogP contribution in [0.25, 0.3) is 0 Å². The number of hydrogen-bond acceptors (Lipinski definition) is 0. The van der Waals surface area contributed by atoms with Crippen LogP contribution in [0.5, 0.6) is 0 Å². The highest BCUT2D eigenvalue weighted by molar-refractivity contribution is 5.36. The molecule has 0 bridgehead atoms. The average Bonchev–Trinajstić information content (AvgIpc) is 2.77. The molecular formula is C33H40. The molecule has 172 valence electrons. The van der Waals surface area contributed by atoms with Gasteiger partial charge in [0.2, 0.25) is 0 Å². The predicted octanol–water partition coefficient (Wildman–Crippen LogP) is 9.04. The van der Waals surface area contributed by atoms with Gasteiger partial charge < -0.3 is 0 Å². The van der Waals surface area contributed by atoms with Crippen molar-refractivity contribution >= 4 is 0 Å². The van der Waals surface area contributed by atoms with Gasteiger partial charge in [-0.05, 0) is 98.9 Å². The van der Waals surface area contributed by atoms with Crippen molar-refractivity contribution in [1.29, 1.82) is 0 Å². The molecule has 0 atom stereocenters. The van der Waals surface area contributed by atoms with Crippen LogP contribution in [0.3, 0.4) is 0 Å². The van der Waals surface area contributed by atoms with E-state index in [2.05, 4.69) is 126 Å². The van der Waals surface area contributed by atoms with E-state index in [-0.39, 0.29) is 7.43 Å². The smallest absolute Gasteiger partial charge is 0.00256 e. The lowest BCUT2D eigenvalue weighted by atomic mass is 9.98. The molecular weight excluding hydrogens is 396 g/mol. The second-order valence-corrected chi connectivity index (χ2v) is 9.16. The lowest BCUT2D eigenvalue weighted by molar-refractivity contribution is 1.15. The molecule has 0 aliphatic heterocycles. The SMILES string of the molecule is C.Cc1ccc(Cc2ccc(C)c(C)c2)cc1C.Cc1ccc(Cc2ccc(C)cc2)cc1. The summed E-state index contributed by atoms with van der Waals surface area (Å²) in [7, 11) is 0. The summed E-state index contributed by atoms with van der Waals surface area (Å²) >= 11 is 0. The van der Waals surface area contributed by atoms with Crippen LogP contribution in [0.2, 0.25) is 0 Å². The Labute approximate surface area is 202 Å². The Hall–Kier alpha value is -3.12. The largest absolute Gasteiger partial charge is 0.0776 e. The molecule has 4 aromatic rings. The summed E-state index contributed by atoms with van der Waals surface area (Å²) in [5.74, 6) is 0. The van der Waals surface area contributed by atoms with Gasteiger partial charge in [0, 0.05) is 0 Å². The van der Waals surface area contributed by atoms with E-state index in [1.54, 1.807) is 0 Å². The summed E-state index contributed by atoms with van der Waals surface area (Å²) in [5, 5.41) is 0. The maximum Gasteiger partial charge on any atom is -0.00256 e. The zero-order valence-corrected chi connectivity index (χ0v) is 20.5. The van der Waals surface area contributed by atoms with Crippen LogP contribution in [-0.2, 0) is 12.8 Å². The number of benzene rings is 4. The summed E-state index contributed by atoms with van der Waals surface area (Å²) < 4.78 is 0. The fourth-order valence-electron chi connectivity index (χ4n) is 3.71. The molecule has 0 heterocycles. The van der Waals surface area contributed by atoms with Gasteiger partial charge in [-0.3, -0.25) is 0 Å². The minimum atomic E-state index is 0. The Balaban J connectivity index is 0.000000228. The van der Waals surface area contributed by atoms with E-state index in [9.17, 15) is 0 Å². The van der Waals surface area contributed by atoms with Crippen molar-refractivity contribution in [1.82, 2.24) is 0 Å². The van der Waals surface area contributed by atoms with Crippen molar-refractivity contribution in [2.24, 2.45) is 0 Å². The molecule has 0 saturated heterocycles. The highest BCUT2D eigenvalue weighted by Crippen LogP contribution is 2.17. The Kier molecular flexibility index (Phi) is 9.67. The third kappa shape index (κ3) is 8.06. The second kappa shape index (κ2) is 12.2. The normalized spacial score (nSPS) is 10.1. The lowest BCUT2D eigenvalue weighted by Crippen LogP contribution is -1.92. The molecule has 4 rings (SSSR count). The average molecular weight is 437 g/mol. The third-order valence-electron chi connectivity index (χ3n) is 6.20. The van der Waals surface area contributed by atoms with Crippen molar-refractivity contribution in [3.63, 3.8) is 0 Å². The molecule has 0 saturated carbocycles. The van der Waals surface area contributed by atoms with Crippen molar-refractivity contribution in [3.8, 4) is 0 Å². The highest BCUT2D eigenvalue weighted by atomic mass is 14.1. The molecule has 0 heteroatoms. The zero-order valence-electron chi connectivity index (χ0n) is 20.5. The molecule has 0 aromatic heterocycles. The molecule has 33 heavy (non-hydrogen) atoms. The Bertz CT molecular complexity index is 1050. The monoisotopic (exact) mass is 436 g/mol. The van der Waals surface area contributed by atoms with E-state index in [0.29, 0.717) is 0 Å². The Morgan fingerprint density at radius 2 is 0.667 bits per heavy atom. The van der Waals surface area contributed by atoms with Gasteiger partial charge in [-0.2, -0.15) is 0 Å². The van der Waals surface area contributed by atoms with E-state index in [1.807, 2.05) is 0 Å². The van der Waals surface area contributed by atoms with Crippen LogP contribution < -0.4 is 0 Å². The Morgan fingerprint density at radius 3 is 1.00 bits per heavy atom. The summed E-state index contributed by atoms with van der Waals surface area (Å²) in [6.07, 6.45) is 2.06. The summed E-state index contributed by atoms with van der Waals surface area (Å²) in [5.41, 5.74) is 13.7. The van der Waals surface area contributed by atoms with Gasteiger partial charge in [0.1, 0.15) is 0 Å². The van der Waals surface area contributed by atoms with Gasteiger partial charge in [0.25, 0.3) is 0 Å². The molecule has 4 aromatic carbocycles. The summed E-state index contributed by atoms with van der Waals surface area (Å²) in [4.78, 5) is 0. The molecule has 0 N–H and O–H groups in total. The number of hydrogen-bond donors (Lipinski definition) is 0. The first-order valence-electron chi connectivity index (χ1n) is 11.5. The van der Waals surface area contributed by atoms with E-state index < -0.39 is 0 Å². The van der Waals surface area contributed by atoms with Gasteiger partial charge in [-0.15, -0.1) is 0 Å². The van der Waals surface area contributed by atoms with Crippen LogP contribution >= 0.6 is 0 Å². The second-order valence-electron chi connectivity index (χ2n) is 9.16. The van der Waals surface area contributed by atoms with E-state index in [0.717, 1.165) is 12.8 Å². The lowest BCUT2D eigenvalue weighted by Gasteiger charge is -2.07. The molecule has 0 spiro atoms. The maximum absolute atomic E-state index is 2.30. The molecule has 0 aliphatic carbocycles. The fourth-order valence-corrected chi connectivity index (χ4v) is 3.71. The van der Waals surface area contributed by atoms with Gasteiger partial charge >= 0.3 is 0 Å². The van der Waals surface area contributed by atoms with Gasteiger partial charge in [-0.1, -0.05) is 103 Å². The Morgan fingerprint density at radius 1 is 0.364 bits per heavy atom. The first-order valence-corrected chi connectivity index (χ1v) is 11.5. The first kappa shape index (κ1) is 26.1. The quantitative estimate of drug-likeness (QED) is 0.299. The summed E-state index contributed by atoms with van der Waals surface area (Å²) in [6.45, 7) is 12.9. The van der Waals surface area contributed by atoms with Crippen LogP contribution in [0, 0.1) is 41.5 Å². The zero-order chi connectivity index (χ0) is 23.1. The standard InChI is InChI=1S/C17H20.C15H16.CH4/c1-12-5-7-16(9-14(12)3)11-17-8-6-13(2)15(4)10-17;1-12-3-7-14(8-4-12)11-15-9-5-13(2)6-10-15;/h5-10H,11H2,1-4H3;3-10H,11H2,1-2H3;1H4. The summed E-state index contributed by atoms with van der Waals surface area (Å²) in [6, 6.07) is 31.0. The molecule has 0 radical (unpaired) electrons. The molecule has 0 amide bonds. The van der Waals surface area contributed by atoms with Crippen LogP contribution in [0.1, 0.15) is 63.1 Å². The van der Waals surface area contributed by atoms with Crippen molar-refractivity contribution < 1.29 is 0 Å². The third-order valence-corrected chi connectivity index (χ3v) is 6.20. The van der Waals surface area contributed by atoms with Gasteiger partial charge in [-0.25, -0.2) is 0 Å². The molecule has 0 fully saturated rings. The minimum Gasteiger partial charge on any atom is -0.0776 e. The van der Waals surface area contributed by atoms with Crippen molar-refractivity contribution in [2.75, 3.05) is 0 Å².